The topological polar surface area (TPSA) is 67.2 Å². The molecule has 3 aromatic rings. The van der Waals surface area contributed by atoms with Crippen LogP contribution in [0.3, 0.4) is 0 Å². The molecule has 6 nitrogen and oxygen atoms in total. The minimum Gasteiger partial charge on any atom is -0.351 e. The van der Waals surface area contributed by atoms with Gasteiger partial charge in [-0.1, -0.05) is 49.1 Å². The van der Waals surface area contributed by atoms with Crippen LogP contribution in [-0.4, -0.2) is 27.4 Å². The highest BCUT2D eigenvalue weighted by atomic mass is 16.2. The normalized spacial score (nSPS) is 19.7. The lowest BCUT2D eigenvalue weighted by Gasteiger charge is -2.36. The Morgan fingerprint density at radius 2 is 1.77 bits per heavy atom. The molecule has 1 fully saturated rings. The van der Waals surface area contributed by atoms with Crippen molar-refractivity contribution in [2.24, 2.45) is 0 Å². The Bertz CT molecular complexity index is 1100. The van der Waals surface area contributed by atoms with Crippen molar-refractivity contribution in [2.45, 2.75) is 57.7 Å². The zero-order valence-electron chi connectivity index (χ0n) is 17.2. The average Bonchev–Trinajstić information content (AvgIpc) is 3.12. The van der Waals surface area contributed by atoms with Gasteiger partial charge in [0, 0.05) is 11.7 Å². The molecule has 1 saturated carbocycles. The Hall–Kier alpha value is -3.15. The number of hydrogen-bond acceptors (Lipinski definition) is 3. The van der Waals surface area contributed by atoms with Gasteiger partial charge in [0.25, 0.3) is 5.91 Å². The van der Waals surface area contributed by atoms with E-state index in [1.54, 1.807) is 4.90 Å². The van der Waals surface area contributed by atoms with Gasteiger partial charge in [-0.25, -0.2) is 4.98 Å². The van der Waals surface area contributed by atoms with Crippen LogP contribution in [0.15, 0.2) is 48.5 Å². The second kappa shape index (κ2) is 7.59. The maximum atomic E-state index is 13.5. The fourth-order valence-electron chi connectivity index (χ4n) is 4.70. The van der Waals surface area contributed by atoms with E-state index < -0.39 is 6.04 Å². The van der Waals surface area contributed by atoms with Crippen molar-refractivity contribution in [3.8, 4) is 0 Å². The van der Waals surface area contributed by atoms with E-state index in [4.69, 9.17) is 4.98 Å². The largest absolute Gasteiger partial charge is 0.351 e. The molecular formula is C24H26N4O2. The number of aryl methyl sites for hydroxylation is 1. The first kappa shape index (κ1) is 18.9. The van der Waals surface area contributed by atoms with Crippen molar-refractivity contribution >= 4 is 28.5 Å². The van der Waals surface area contributed by atoms with Crippen molar-refractivity contribution < 1.29 is 9.59 Å². The smallest absolute Gasteiger partial charge is 0.251 e. The number of carbonyl (C=O) groups excluding carboxylic acids is 2. The fourth-order valence-corrected chi connectivity index (χ4v) is 4.70. The van der Waals surface area contributed by atoms with Crippen molar-refractivity contribution in [3.05, 3.63) is 59.9 Å². The van der Waals surface area contributed by atoms with Crippen LogP contribution in [0.2, 0.25) is 0 Å². The van der Waals surface area contributed by atoms with Gasteiger partial charge in [-0.3, -0.25) is 14.5 Å². The minimum absolute atomic E-state index is 0.0988. The molecule has 2 amide bonds. The lowest BCUT2D eigenvalue weighted by atomic mass is 9.95. The van der Waals surface area contributed by atoms with E-state index in [1.807, 2.05) is 60.0 Å². The average molecular weight is 402 g/mol. The number of hydrogen-bond donors (Lipinski definition) is 1. The van der Waals surface area contributed by atoms with Crippen molar-refractivity contribution in [2.75, 3.05) is 4.90 Å². The molecule has 6 heteroatoms. The summed E-state index contributed by atoms with van der Waals surface area (Å²) in [6, 6.07) is 14.9. The highest BCUT2D eigenvalue weighted by Gasteiger charge is 2.41. The number of imidazole rings is 1. The van der Waals surface area contributed by atoms with Crippen molar-refractivity contribution in [1.29, 1.82) is 0 Å². The van der Waals surface area contributed by atoms with Gasteiger partial charge < -0.3 is 9.88 Å². The van der Waals surface area contributed by atoms with Gasteiger partial charge in [0.15, 0.2) is 6.04 Å². The summed E-state index contributed by atoms with van der Waals surface area (Å²) in [6.45, 7) is 2.19. The van der Waals surface area contributed by atoms with Crippen LogP contribution in [0.1, 0.15) is 49.5 Å². The van der Waals surface area contributed by atoms with E-state index in [2.05, 4.69) is 5.32 Å². The molecule has 1 aliphatic heterocycles. The van der Waals surface area contributed by atoms with Crippen LogP contribution in [-0.2, 0) is 16.1 Å². The highest BCUT2D eigenvalue weighted by Crippen LogP contribution is 2.34. The highest BCUT2D eigenvalue weighted by molar-refractivity contribution is 6.03. The molecule has 2 aromatic carbocycles. The molecule has 30 heavy (non-hydrogen) atoms. The van der Waals surface area contributed by atoms with Crippen LogP contribution in [0.25, 0.3) is 11.0 Å². The van der Waals surface area contributed by atoms with E-state index >= 15 is 0 Å². The summed E-state index contributed by atoms with van der Waals surface area (Å²) < 4.78 is 1.90. The standard InChI is InChI=1S/C24H26N4O2/c1-16-11-13-18(14-12-16)28-21(29)15-27-20-10-6-5-9-19(20)26-23(27)22(28)24(30)25-17-7-3-2-4-8-17/h5-6,9-14,17,22H,2-4,7-8,15H2,1H3,(H,25,30). The number of carbonyl (C=O) groups is 2. The monoisotopic (exact) mass is 402 g/mol. The van der Waals surface area contributed by atoms with Crippen LogP contribution < -0.4 is 10.2 Å². The van der Waals surface area contributed by atoms with E-state index in [-0.39, 0.29) is 24.4 Å². The fraction of sp³-hybridized carbons (Fsp3) is 0.375. The number of para-hydroxylation sites is 2. The third-order valence-corrected chi connectivity index (χ3v) is 6.26. The Morgan fingerprint density at radius 1 is 1.03 bits per heavy atom. The molecule has 1 unspecified atom stereocenters. The van der Waals surface area contributed by atoms with Gasteiger partial charge in [0.05, 0.1) is 11.0 Å². The van der Waals surface area contributed by atoms with E-state index in [9.17, 15) is 9.59 Å². The maximum Gasteiger partial charge on any atom is 0.251 e. The zero-order valence-corrected chi connectivity index (χ0v) is 17.2. The van der Waals surface area contributed by atoms with Crippen molar-refractivity contribution in [3.63, 3.8) is 0 Å². The number of nitrogens with one attached hydrogen (secondary N) is 1. The molecule has 1 aliphatic carbocycles. The molecule has 2 heterocycles. The summed E-state index contributed by atoms with van der Waals surface area (Å²) in [5.41, 5.74) is 3.53. The molecule has 0 saturated heterocycles. The number of amides is 2. The number of anilines is 1. The number of fused-ring (bicyclic) bond motifs is 3. The predicted molar refractivity (Wildman–Crippen MR) is 116 cm³/mol. The van der Waals surface area contributed by atoms with Crippen LogP contribution in [0, 0.1) is 6.92 Å². The summed E-state index contributed by atoms with van der Waals surface area (Å²) >= 11 is 0. The number of aromatic nitrogens is 2. The third kappa shape index (κ3) is 3.26. The van der Waals surface area contributed by atoms with Crippen LogP contribution in [0.5, 0.6) is 0 Å². The van der Waals surface area contributed by atoms with Crippen molar-refractivity contribution in [1.82, 2.24) is 14.9 Å². The Balaban J connectivity index is 1.59. The maximum absolute atomic E-state index is 13.5. The third-order valence-electron chi connectivity index (χ3n) is 6.26. The van der Waals surface area contributed by atoms with Gasteiger partial charge in [-0.05, 0) is 44.0 Å². The number of rotatable bonds is 3. The first-order chi connectivity index (χ1) is 14.6. The van der Waals surface area contributed by atoms with Gasteiger partial charge in [0.1, 0.15) is 12.4 Å². The quantitative estimate of drug-likeness (QED) is 0.723. The molecular weight excluding hydrogens is 376 g/mol. The number of benzene rings is 2. The SMILES string of the molecule is Cc1ccc(N2C(=O)Cn3c(nc4ccccc43)C2C(=O)NC2CCCCC2)cc1. The van der Waals surface area contributed by atoms with Gasteiger partial charge in [-0.15, -0.1) is 0 Å². The van der Waals surface area contributed by atoms with E-state index in [0.29, 0.717) is 5.82 Å². The summed E-state index contributed by atoms with van der Waals surface area (Å²) in [7, 11) is 0. The Labute approximate surface area is 175 Å². The molecule has 5 rings (SSSR count). The molecule has 1 aromatic heterocycles. The summed E-state index contributed by atoms with van der Waals surface area (Å²) in [6.07, 6.45) is 5.48. The van der Waals surface area contributed by atoms with Crippen LogP contribution >= 0.6 is 0 Å². The first-order valence-corrected chi connectivity index (χ1v) is 10.8. The second-order valence-electron chi connectivity index (χ2n) is 8.39. The zero-order chi connectivity index (χ0) is 20.7. The Morgan fingerprint density at radius 3 is 2.53 bits per heavy atom. The molecule has 1 atom stereocenters. The number of nitrogens with zero attached hydrogens (tertiary/aromatic N) is 3. The second-order valence-corrected chi connectivity index (χ2v) is 8.39. The van der Waals surface area contributed by atoms with Gasteiger partial charge in [0.2, 0.25) is 5.91 Å². The first-order valence-electron chi connectivity index (χ1n) is 10.8. The molecule has 0 spiro atoms. The molecule has 0 bridgehead atoms. The van der Waals surface area contributed by atoms with Crippen LogP contribution in [0.4, 0.5) is 5.69 Å². The van der Waals surface area contributed by atoms with Gasteiger partial charge >= 0.3 is 0 Å². The van der Waals surface area contributed by atoms with E-state index in [1.165, 1.54) is 6.42 Å². The summed E-state index contributed by atoms with van der Waals surface area (Å²) in [4.78, 5) is 33.2. The molecule has 1 N–H and O–H groups in total. The van der Waals surface area contributed by atoms with E-state index in [0.717, 1.165) is 48.0 Å². The molecule has 154 valence electrons. The molecule has 2 aliphatic rings. The minimum atomic E-state index is -0.775. The lowest BCUT2D eigenvalue weighted by molar-refractivity contribution is -0.128. The Kier molecular flexibility index (Phi) is 4.77. The summed E-state index contributed by atoms with van der Waals surface area (Å²) in [5.74, 6) is 0.384. The molecule has 0 radical (unpaired) electrons. The van der Waals surface area contributed by atoms with Gasteiger partial charge in [-0.2, -0.15) is 0 Å². The summed E-state index contributed by atoms with van der Waals surface area (Å²) in [5, 5.41) is 3.22. The predicted octanol–water partition coefficient (Wildman–Crippen LogP) is 3.88. The lowest BCUT2D eigenvalue weighted by Crippen LogP contribution is -2.51.